The highest BCUT2D eigenvalue weighted by Crippen LogP contribution is 2.19. The van der Waals surface area contributed by atoms with Gasteiger partial charge in [0.15, 0.2) is 0 Å². The molecule has 0 aromatic heterocycles. The number of quaternary nitrogens is 3. The van der Waals surface area contributed by atoms with Gasteiger partial charge in [-0.3, -0.25) is 7.32 Å². The molecule has 61 heavy (non-hydrogen) atoms. The maximum Gasteiger partial charge on any atom is 0.0827 e. The summed E-state index contributed by atoms with van der Waals surface area (Å²) in [6.45, 7) is 49.6. The Labute approximate surface area is 379 Å². The Hall–Kier alpha value is -2.52. The molecule has 0 aliphatic carbocycles. The Bertz CT molecular complexity index is 1360. The predicted octanol–water partition coefficient (Wildman–Crippen LogP) is 8.74. The van der Waals surface area contributed by atoms with E-state index in [0.717, 1.165) is 38.5 Å². The van der Waals surface area contributed by atoms with E-state index in [1.165, 1.54) is 145 Å². The van der Waals surface area contributed by atoms with Crippen LogP contribution in [0, 0.1) is 0 Å². The number of likely N-dealkylation sites (N-methyl/N-ethyl adjacent to an activating group) is 3. The van der Waals surface area contributed by atoms with Crippen molar-refractivity contribution in [2.24, 2.45) is 0 Å². The summed E-state index contributed by atoms with van der Waals surface area (Å²) < 4.78 is 3.74. The first-order valence-corrected chi connectivity index (χ1v) is 25.0. The Balaban J connectivity index is 0.000000846. The Morgan fingerprint density at radius 3 is 0.639 bits per heavy atom. The summed E-state index contributed by atoms with van der Waals surface area (Å²) in [5, 5.41) is 25.2. The van der Waals surface area contributed by atoms with E-state index in [1.54, 1.807) is 16.7 Å². The fraction of sp³-hybridized carbons (Fsp3) is 0.667. The largest absolute Gasteiger partial charge is 0.907 e. The zero-order chi connectivity index (χ0) is 46.5. The quantitative estimate of drug-likeness (QED) is 0.0670. The van der Waals surface area contributed by atoms with Crippen LogP contribution < -0.4 is 15.1 Å². The number of hydrogen-bond acceptors (Lipinski definition) is 3. The standard InChI is InChI=1S/3C18H32N.BO3/c3*1-6-17-12-11-16(15-18(17)7-2)13-14-19(8-3,9-4)10-5;2-1(3)4/h3*11-12,15H,6-10,13-14H2,1-5H3;/q3*+1;-3. The maximum atomic E-state index is 8.42. The maximum absolute atomic E-state index is 8.42. The van der Waals surface area contributed by atoms with Crippen LogP contribution in [0.1, 0.15) is 154 Å². The molecule has 0 radical (unpaired) electrons. The Morgan fingerprint density at radius 1 is 0.311 bits per heavy atom. The molecule has 6 nitrogen and oxygen atoms in total. The van der Waals surface area contributed by atoms with Crippen LogP contribution in [0.4, 0.5) is 0 Å². The Morgan fingerprint density at radius 2 is 0.492 bits per heavy atom. The number of nitrogens with zero attached hydrogens (tertiary/aromatic N) is 3. The van der Waals surface area contributed by atoms with Crippen molar-refractivity contribution in [1.82, 2.24) is 0 Å². The van der Waals surface area contributed by atoms with E-state index in [1.807, 2.05) is 0 Å². The van der Waals surface area contributed by atoms with E-state index in [9.17, 15) is 0 Å². The topological polar surface area (TPSA) is 69.2 Å². The van der Waals surface area contributed by atoms with Gasteiger partial charge in [-0.2, -0.15) is 0 Å². The first-order valence-electron chi connectivity index (χ1n) is 25.0. The number of rotatable bonds is 24. The summed E-state index contributed by atoms with van der Waals surface area (Å²) in [5.41, 5.74) is 13.8. The summed E-state index contributed by atoms with van der Waals surface area (Å²) in [4.78, 5) is 0. The lowest BCUT2D eigenvalue weighted by atomic mass is 9.98. The average molecular weight is 846 g/mol. The van der Waals surface area contributed by atoms with Crippen molar-refractivity contribution >= 4 is 7.32 Å². The second kappa shape index (κ2) is 32.2. The van der Waals surface area contributed by atoms with Crippen molar-refractivity contribution < 1.29 is 28.5 Å². The molecule has 0 aliphatic heterocycles. The van der Waals surface area contributed by atoms with E-state index in [2.05, 4.69) is 158 Å². The van der Waals surface area contributed by atoms with Gasteiger partial charge in [-0.05, 0) is 151 Å². The van der Waals surface area contributed by atoms with Gasteiger partial charge in [0.1, 0.15) is 0 Å². The molecule has 0 saturated carbocycles. The first kappa shape index (κ1) is 58.5. The van der Waals surface area contributed by atoms with Gasteiger partial charge >= 0.3 is 0 Å². The van der Waals surface area contributed by atoms with Crippen LogP contribution >= 0.6 is 0 Å². The second-order valence-electron chi connectivity index (χ2n) is 17.0. The zero-order valence-corrected chi connectivity index (χ0v) is 42.7. The van der Waals surface area contributed by atoms with Crippen molar-refractivity contribution in [3.05, 3.63) is 105 Å². The summed E-state index contributed by atoms with van der Waals surface area (Å²) in [5.74, 6) is 0. The van der Waals surface area contributed by atoms with Gasteiger partial charge in [0, 0.05) is 19.3 Å². The Kier molecular flexibility index (Phi) is 30.9. The van der Waals surface area contributed by atoms with Gasteiger partial charge in [-0.25, -0.2) is 0 Å². The van der Waals surface area contributed by atoms with Gasteiger partial charge in [0.2, 0.25) is 0 Å². The predicted molar refractivity (Wildman–Crippen MR) is 263 cm³/mol. The lowest BCUT2D eigenvalue weighted by Gasteiger charge is -2.36. The summed E-state index contributed by atoms with van der Waals surface area (Å²) in [7, 11) is -2.92. The van der Waals surface area contributed by atoms with Crippen LogP contribution in [-0.2, 0) is 57.8 Å². The second-order valence-corrected chi connectivity index (χ2v) is 17.0. The zero-order valence-electron chi connectivity index (χ0n) is 42.7. The molecule has 0 spiro atoms. The van der Waals surface area contributed by atoms with Gasteiger partial charge in [0.25, 0.3) is 0 Å². The molecule has 0 bridgehead atoms. The van der Waals surface area contributed by atoms with Crippen molar-refractivity contribution in [2.75, 3.05) is 78.5 Å². The molecule has 7 heteroatoms. The van der Waals surface area contributed by atoms with Crippen LogP contribution in [0.3, 0.4) is 0 Å². The number of hydrogen-bond donors (Lipinski definition) is 0. The SMILES string of the molecule is CCc1ccc(CC[N+](CC)(CC)CC)cc1CC.CCc1ccc(CC[N+](CC)(CC)CC)cc1CC.CCc1ccc(CC[N+](CC)(CC)CC)cc1CC.[O-]B([O-])[O-]. The lowest BCUT2D eigenvalue weighted by Crippen LogP contribution is -2.56. The van der Waals surface area contributed by atoms with Crippen molar-refractivity contribution in [3.63, 3.8) is 0 Å². The van der Waals surface area contributed by atoms with Crippen molar-refractivity contribution in [1.29, 1.82) is 0 Å². The van der Waals surface area contributed by atoms with E-state index in [4.69, 9.17) is 15.1 Å². The van der Waals surface area contributed by atoms with Crippen molar-refractivity contribution in [3.8, 4) is 0 Å². The van der Waals surface area contributed by atoms with E-state index in [-0.39, 0.29) is 0 Å². The van der Waals surface area contributed by atoms with Gasteiger partial charge in [0.05, 0.1) is 78.5 Å². The normalized spacial score (nSPS) is 11.5. The third-order valence-electron chi connectivity index (χ3n) is 14.8. The molecule has 3 rings (SSSR count). The molecule has 0 amide bonds. The molecule has 0 N–H and O–H groups in total. The molecule has 0 aliphatic rings. The lowest BCUT2D eigenvalue weighted by molar-refractivity contribution is -0.923. The molecule has 0 saturated heterocycles. The molecule has 0 heterocycles. The average Bonchev–Trinajstić information content (AvgIpc) is 3.30. The minimum Gasteiger partial charge on any atom is -0.907 e. The van der Waals surface area contributed by atoms with Crippen LogP contribution in [-0.4, -0.2) is 99.3 Å². The van der Waals surface area contributed by atoms with Crippen LogP contribution in [0.2, 0.25) is 0 Å². The molecule has 0 fully saturated rings. The summed E-state index contributed by atoms with van der Waals surface area (Å²) >= 11 is 0. The van der Waals surface area contributed by atoms with Gasteiger partial charge in [-0.1, -0.05) is 96.1 Å². The minimum atomic E-state index is -2.92. The van der Waals surface area contributed by atoms with E-state index < -0.39 is 7.32 Å². The molecule has 3 aromatic carbocycles. The van der Waals surface area contributed by atoms with Crippen LogP contribution in [0.15, 0.2) is 54.6 Å². The molecular formula is C54H96BN3O3. The number of benzene rings is 3. The third-order valence-corrected chi connectivity index (χ3v) is 14.8. The molecule has 348 valence electrons. The number of aryl methyl sites for hydroxylation is 6. The third kappa shape index (κ3) is 20.2. The summed E-state index contributed by atoms with van der Waals surface area (Å²) in [6.07, 6.45) is 10.6. The highest BCUT2D eigenvalue weighted by Gasteiger charge is 2.22. The fourth-order valence-electron chi connectivity index (χ4n) is 9.06. The smallest absolute Gasteiger partial charge is 0.0827 e. The van der Waals surface area contributed by atoms with E-state index in [0.29, 0.717) is 0 Å². The summed E-state index contributed by atoms with van der Waals surface area (Å²) in [6, 6.07) is 21.4. The van der Waals surface area contributed by atoms with Crippen LogP contribution in [0.25, 0.3) is 0 Å². The molecular weight excluding hydrogens is 749 g/mol. The van der Waals surface area contributed by atoms with E-state index >= 15 is 0 Å². The van der Waals surface area contributed by atoms with Crippen LogP contribution in [0.5, 0.6) is 0 Å². The fourth-order valence-corrected chi connectivity index (χ4v) is 9.06. The van der Waals surface area contributed by atoms with Crippen molar-refractivity contribution in [2.45, 2.75) is 162 Å². The minimum absolute atomic E-state index is 1.16. The monoisotopic (exact) mass is 846 g/mol. The highest BCUT2D eigenvalue weighted by molar-refractivity contribution is 6.24. The molecule has 3 aromatic rings. The molecule has 0 atom stereocenters. The van der Waals surface area contributed by atoms with Gasteiger partial charge < -0.3 is 28.5 Å². The highest BCUT2D eigenvalue weighted by atomic mass is 16.5. The van der Waals surface area contributed by atoms with Gasteiger partial charge in [-0.15, -0.1) is 0 Å². The first-order chi connectivity index (χ1) is 29.2. The molecule has 0 unspecified atom stereocenters.